The summed E-state index contributed by atoms with van der Waals surface area (Å²) in [5, 5.41) is 6.91. The number of amides is 2. The number of hydrogen-bond donors (Lipinski definition) is 3. The summed E-state index contributed by atoms with van der Waals surface area (Å²) in [6.45, 7) is 3.40. The maximum absolute atomic E-state index is 13.9. The van der Waals surface area contributed by atoms with E-state index in [2.05, 4.69) is 27.4 Å². The third-order valence-corrected chi connectivity index (χ3v) is 6.92. The van der Waals surface area contributed by atoms with Gasteiger partial charge in [0.15, 0.2) is 0 Å². The van der Waals surface area contributed by atoms with Crippen LogP contribution in [0.5, 0.6) is 0 Å². The van der Waals surface area contributed by atoms with Crippen LogP contribution in [-0.4, -0.2) is 22.8 Å². The number of aromatic nitrogens is 1. The third kappa shape index (κ3) is 4.83. The molecule has 0 spiro atoms. The third-order valence-electron chi connectivity index (χ3n) is 5.55. The molecule has 0 aliphatic carbocycles. The summed E-state index contributed by atoms with van der Waals surface area (Å²) in [7, 11) is 0. The lowest BCUT2D eigenvalue weighted by Crippen LogP contribution is -2.33. The molecule has 0 saturated carbocycles. The van der Waals surface area contributed by atoms with E-state index in [1.807, 2.05) is 18.2 Å². The fraction of sp³-hybridized carbons (Fsp3) is 0.160. The maximum atomic E-state index is 13.9. The van der Waals surface area contributed by atoms with Crippen molar-refractivity contribution in [1.82, 2.24) is 4.98 Å². The largest absolute Gasteiger partial charge is 0.365 e. The Hall–Kier alpha value is -3.23. The van der Waals surface area contributed by atoms with E-state index in [4.69, 9.17) is 11.6 Å². The van der Waals surface area contributed by atoms with E-state index >= 15 is 0 Å². The van der Waals surface area contributed by atoms with E-state index < -0.39 is 6.03 Å². The van der Waals surface area contributed by atoms with Crippen molar-refractivity contribution in [1.29, 1.82) is 0 Å². The zero-order valence-electron chi connectivity index (χ0n) is 18.2. The van der Waals surface area contributed by atoms with Crippen LogP contribution in [0.15, 0.2) is 65.7 Å². The van der Waals surface area contributed by atoms with E-state index in [9.17, 15) is 13.6 Å². The first-order chi connectivity index (χ1) is 16.3. The van der Waals surface area contributed by atoms with Gasteiger partial charge < -0.3 is 20.5 Å². The van der Waals surface area contributed by atoms with Crippen LogP contribution in [0, 0.1) is 11.6 Å². The van der Waals surface area contributed by atoms with Crippen molar-refractivity contribution in [2.24, 2.45) is 0 Å². The number of rotatable bonds is 4. The second kappa shape index (κ2) is 9.19. The van der Waals surface area contributed by atoms with Crippen molar-refractivity contribution < 1.29 is 13.6 Å². The van der Waals surface area contributed by atoms with Crippen LogP contribution < -0.4 is 15.5 Å². The molecular formula is C25H21ClF2N4OS. The Morgan fingerprint density at radius 1 is 1.12 bits per heavy atom. The molecule has 1 unspecified atom stereocenters. The van der Waals surface area contributed by atoms with Gasteiger partial charge in [-0.25, -0.2) is 13.6 Å². The molecule has 2 heterocycles. The molecule has 0 fully saturated rings. The molecule has 5 rings (SSSR count). The van der Waals surface area contributed by atoms with Gasteiger partial charge in [-0.1, -0.05) is 18.5 Å². The van der Waals surface area contributed by atoms with Crippen LogP contribution in [0.25, 0.3) is 10.9 Å². The smallest absolute Gasteiger partial charge is 0.323 e. The summed E-state index contributed by atoms with van der Waals surface area (Å²) in [5.41, 5.74) is 3.55. The molecule has 0 radical (unpaired) electrons. The number of halogens is 3. The van der Waals surface area contributed by atoms with Crippen LogP contribution in [0.4, 0.5) is 30.6 Å². The monoisotopic (exact) mass is 498 g/mol. The van der Waals surface area contributed by atoms with Gasteiger partial charge in [0, 0.05) is 51.0 Å². The van der Waals surface area contributed by atoms with Gasteiger partial charge in [0.25, 0.3) is 0 Å². The summed E-state index contributed by atoms with van der Waals surface area (Å²) in [6.07, 6.45) is 1.63. The summed E-state index contributed by atoms with van der Waals surface area (Å²) in [6, 6.07) is 14.2. The van der Waals surface area contributed by atoms with Gasteiger partial charge >= 0.3 is 6.03 Å². The van der Waals surface area contributed by atoms with Crippen LogP contribution in [0.2, 0.25) is 5.02 Å². The van der Waals surface area contributed by atoms with Crippen molar-refractivity contribution >= 4 is 57.4 Å². The first-order valence-electron chi connectivity index (χ1n) is 10.7. The molecule has 4 aromatic rings. The molecule has 5 nitrogen and oxygen atoms in total. The second-order valence-electron chi connectivity index (χ2n) is 8.24. The first-order valence-corrected chi connectivity index (χ1v) is 11.9. The van der Waals surface area contributed by atoms with Gasteiger partial charge in [-0.05, 0) is 60.2 Å². The fourth-order valence-corrected chi connectivity index (χ4v) is 5.55. The van der Waals surface area contributed by atoms with Gasteiger partial charge in [-0.15, -0.1) is 11.8 Å². The van der Waals surface area contributed by atoms with E-state index in [-0.39, 0.29) is 11.6 Å². The molecule has 3 N–H and O–H groups in total. The second-order valence-corrected chi connectivity index (χ2v) is 10.2. The number of nitrogens with one attached hydrogen (secondary N) is 3. The van der Waals surface area contributed by atoms with Gasteiger partial charge in [0.05, 0.1) is 11.4 Å². The highest BCUT2D eigenvalue weighted by atomic mass is 35.5. The van der Waals surface area contributed by atoms with Crippen molar-refractivity contribution in [2.45, 2.75) is 23.6 Å². The van der Waals surface area contributed by atoms with Gasteiger partial charge in [0.1, 0.15) is 11.6 Å². The number of anilines is 3. The van der Waals surface area contributed by atoms with Crippen molar-refractivity contribution in [3.63, 3.8) is 0 Å². The number of benzene rings is 3. The Labute approximate surface area is 204 Å². The number of H-pyrrole nitrogens is 1. The summed E-state index contributed by atoms with van der Waals surface area (Å²) >= 11 is 7.80. The van der Waals surface area contributed by atoms with Gasteiger partial charge in [-0.2, -0.15) is 0 Å². The zero-order valence-corrected chi connectivity index (χ0v) is 19.7. The number of carbonyl (C=O) groups excluding carboxylic acids is 1. The summed E-state index contributed by atoms with van der Waals surface area (Å²) in [5.74, 6) is -0.747. The molecule has 34 heavy (non-hydrogen) atoms. The van der Waals surface area contributed by atoms with Crippen molar-refractivity contribution in [3.8, 4) is 0 Å². The number of urea groups is 1. The quantitative estimate of drug-likeness (QED) is 0.278. The minimum Gasteiger partial charge on any atom is -0.365 e. The maximum Gasteiger partial charge on any atom is 0.323 e. The Morgan fingerprint density at radius 3 is 2.79 bits per heavy atom. The van der Waals surface area contributed by atoms with Crippen molar-refractivity contribution in [2.75, 3.05) is 22.1 Å². The van der Waals surface area contributed by atoms with Crippen molar-refractivity contribution in [3.05, 3.63) is 83.0 Å². The Balaban J connectivity index is 1.36. The lowest BCUT2D eigenvalue weighted by molar-refractivity contribution is 0.262. The normalized spacial score (nSPS) is 15.3. The summed E-state index contributed by atoms with van der Waals surface area (Å²) < 4.78 is 27.5. The predicted octanol–water partition coefficient (Wildman–Crippen LogP) is 7.24. The van der Waals surface area contributed by atoms with E-state index in [0.29, 0.717) is 33.6 Å². The van der Waals surface area contributed by atoms with Gasteiger partial charge in [-0.3, -0.25) is 0 Å². The average Bonchev–Trinajstić information content (AvgIpc) is 3.15. The van der Waals surface area contributed by atoms with Crippen LogP contribution in [-0.2, 0) is 6.54 Å². The number of fused-ring (bicyclic) bond motifs is 2. The molecule has 1 aromatic heterocycles. The molecule has 0 bridgehead atoms. The average molecular weight is 499 g/mol. The molecule has 1 atom stereocenters. The number of carbonyl (C=O) groups is 1. The number of aromatic amines is 1. The Kier molecular flexibility index (Phi) is 6.10. The number of thioether (sulfide) groups is 1. The molecule has 3 aromatic carbocycles. The highest BCUT2D eigenvalue weighted by molar-refractivity contribution is 8.00. The first kappa shape index (κ1) is 22.6. The fourth-order valence-electron chi connectivity index (χ4n) is 4.16. The molecule has 2 amide bonds. The lowest BCUT2D eigenvalue weighted by Gasteiger charge is -2.34. The Bertz CT molecular complexity index is 1370. The number of nitrogens with zero attached hydrogens (tertiary/aromatic N) is 1. The van der Waals surface area contributed by atoms with E-state index in [1.165, 1.54) is 24.3 Å². The highest BCUT2D eigenvalue weighted by Gasteiger charge is 2.23. The molecular weight excluding hydrogens is 478 g/mol. The molecule has 9 heteroatoms. The van der Waals surface area contributed by atoms with Crippen LogP contribution >= 0.6 is 23.4 Å². The van der Waals surface area contributed by atoms with Crippen LogP contribution in [0.3, 0.4) is 0 Å². The lowest BCUT2D eigenvalue weighted by atomic mass is 10.1. The molecule has 174 valence electrons. The topological polar surface area (TPSA) is 60.2 Å². The van der Waals surface area contributed by atoms with Gasteiger partial charge in [0.2, 0.25) is 0 Å². The standard InChI is InChI=1S/C25H21ClF2N4OS/c1-14-12-32(13-15-6-16(26)8-18(28)7-15)23-10-19(3-5-24(23)34-14)30-25(33)31-22-11-29-21-4-2-17(27)9-20(21)22/h2-11,14,29H,12-13H2,1H3,(H2,30,31,33). The number of hydrogen-bond acceptors (Lipinski definition) is 3. The van der Waals surface area contributed by atoms with Crippen LogP contribution in [0.1, 0.15) is 12.5 Å². The molecule has 0 saturated heterocycles. The minimum atomic E-state index is -0.439. The minimum absolute atomic E-state index is 0.348. The molecule has 1 aliphatic heterocycles. The highest BCUT2D eigenvalue weighted by Crippen LogP contribution is 2.40. The SMILES string of the molecule is CC1CN(Cc2cc(F)cc(Cl)c2)c2cc(NC(=O)Nc3c[nH]c4ccc(F)cc34)ccc2S1. The summed E-state index contributed by atoms with van der Waals surface area (Å²) in [4.78, 5) is 18.9. The molecule has 1 aliphatic rings. The van der Waals surface area contributed by atoms with E-state index in [0.717, 1.165) is 28.2 Å². The zero-order chi connectivity index (χ0) is 23.8. The predicted molar refractivity (Wildman–Crippen MR) is 135 cm³/mol. The van der Waals surface area contributed by atoms with E-state index in [1.54, 1.807) is 30.1 Å². The Morgan fingerprint density at radius 2 is 1.97 bits per heavy atom.